The molecule has 0 spiro atoms. The molecule has 1 N–H and O–H groups in total. The Kier molecular flexibility index (Phi) is 5.96. The molecule has 1 amide bonds. The molecule has 0 radical (unpaired) electrons. The highest BCUT2D eigenvalue weighted by molar-refractivity contribution is 6.56. The van der Waals surface area contributed by atoms with E-state index in [-0.39, 0.29) is 18.2 Å². The Labute approximate surface area is 157 Å². The van der Waals surface area contributed by atoms with Gasteiger partial charge in [-0.2, -0.15) is 0 Å². The van der Waals surface area contributed by atoms with Crippen LogP contribution in [0.4, 0.5) is 13.2 Å². The van der Waals surface area contributed by atoms with Crippen molar-refractivity contribution in [3.63, 3.8) is 0 Å². The Morgan fingerprint density at radius 1 is 1.22 bits per heavy atom. The number of nitrogens with one attached hydrogen (secondary N) is 1. The molecule has 0 bridgehead atoms. The van der Waals surface area contributed by atoms with Crippen molar-refractivity contribution in [3.8, 4) is 5.75 Å². The van der Waals surface area contributed by atoms with Crippen molar-refractivity contribution in [2.24, 2.45) is 0 Å². The Morgan fingerprint density at radius 2 is 1.81 bits per heavy atom. The summed E-state index contributed by atoms with van der Waals surface area (Å²) in [5, 5.41) is 2.67. The lowest BCUT2D eigenvalue weighted by Crippen LogP contribution is -2.41. The van der Waals surface area contributed by atoms with Crippen LogP contribution in [0.5, 0.6) is 5.75 Å². The van der Waals surface area contributed by atoms with Gasteiger partial charge in [-0.05, 0) is 50.9 Å². The molecule has 1 saturated heterocycles. The molecule has 27 heavy (non-hydrogen) atoms. The fourth-order valence-corrected chi connectivity index (χ4v) is 2.44. The molecular weight excluding hydrogens is 362 g/mol. The van der Waals surface area contributed by atoms with Gasteiger partial charge in [0.1, 0.15) is 5.75 Å². The second-order valence-corrected chi connectivity index (χ2v) is 7.34. The molecule has 1 aromatic rings. The first-order chi connectivity index (χ1) is 12.3. The average molecular weight is 385 g/mol. The van der Waals surface area contributed by atoms with Gasteiger partial charge in [0.25, 0.3) is 0 Å². The number of hydrogen-bond acceptors (Lipinski definition) is 4. The van der Waals surface area contributed by atoms with E-state index >= 15 is 0 Å². The summed E-state index contributed by atoms with van der Waals surface area (Å²) in [6.07, 6.45) is -3.14. The fourth-order valence-electron chi connectivity index (χ4n) is 2.44. The monoisotopic (exact) mass is 385 g/mol. The van der Waals surface area contributed by atoms with E-state index < -0.39 is 24.7 Å². The number of ether oxygens (including phenoxy) is 1. The minimum Gasteiger partial charge on any atom is -0.406 e. The zero-order valence-electron chi connectivity index (χ0n) is 15.9. The lowest BCUT2D eigenvalue weighted by Gasteiger charge is -2.32. The average Bonchev–Trinajstić information content (AvgIpc) is 2.70. The van der Waals surface area contributed by atoms with E-state index in [1.165, 1.54) is 25.1 Å². The predicted molar refractivity (Wildman–Crippen MR) is 95.9 cm³/mol. The summed E-state index contributed by atoms with van der Waals surface area (Å²) >= 11 is 0. The topological polar surface area (TPSA) is 56.8 Å². The quantitative estimate of drug-likeness (QED) is 0.785. The molecule has 1 aliphatic heterocycles. The number of carbonyl (C=O) groups excluding carboxylic acids is 1. The molecule has 0 aromatic heterocycles. The van der Waals surface area contributed by atoms with Gasteiger partial charge in [0.2, 0.25) is 5.91 Å². The van der Waals surface area contributed by atoms with Gasteiger partial charge in [-0.15, -0.1) is 13.2 Å². The van der Waals surface area contributed by atoms with Crippen molar-refractivity contribution in [2.75, 3.05) is 6.54 Å². The Bertz CT molecular complexity index is 716. The minimum atomic E-state index is -4.77. The molecule has 0 saturated carbocycles. The van der Waals surface area contributed by atoms with Gasteiger partial charge < -0.3 is 19.4 Å². The summed E-state index contributed by atoms with van der Waals surface area (Å²) in [6, 6.07) is 5.55. The maximum Gasteiger partial charge on any atom is 0.573 e. The van der Waals surface area contributed by atoms with Crippen LogP contribution in [0.1, 0.15) is 40.2 Å². The summed E-state index contributed by atoms with van der Waals surface area (Å²) < 4.78 is 53.2. The summed E-state index contributed by atoms with van der Waals surface area (Å²) in [6.45, 7) is 9.07. The maximum absolute atomic E-state index is 12.4. The van der Waals surface area contributed by atoms with Crippen molar-refractivity contribution in [1.29, 1.82) is 0 Å². The second kappa shape index (κ2) is 7.56. The third kappa shape index (κ3) is 5.74. The summed E-state index contributed by atoms with van der Waals surface area (Å²) in [5.41, 5.74) is -0.137. The van der Waals surface area contributed by atoms with Crippen LogP contribution in [-0.2, 0) is 14.1 Å². The van der Waals surface area contributed by atoms with Crippen LogP contribution >= 0.6 is 0 Å². The highest BCUT2D eigenvalue weighted by Crippen LogP contribution is 2.38. The van der Waals surface area contributed by atoms with Gasteiger partial charge in [0, 0.05) is 13.5 Å². The van der Waals surface area contributed by atoms with E-state index in [1.807, 2.05) is 27.7 Å². The first-order valence-electron chi connectivity index (χ1n) is 8.45. The van der Waals surface area contributed by atoms with Gasteiger partial charge in [-0.25, -0.2) is 0 Å². The standard InChI is InChI=1S/C18H23BF3NO4/c1-12(24)23-11-14(19-26-16(2,3)17(4,5)27-19)9-13-7-6-8-15(10-13)25-18(20,21)22/h6-10H,11H2,1-5H3,(H,23,24). The lowest BCUT2D eigenvalue weighted by atomic mass is 9.77. The Hall–Kier alpha value is -2.00. The van der Waals surface area contributed by atoms with Crippen LogP contribution in [0.3, 0.4) is 0 Å². The van der Waals surface area contributed by atoms with Crippen LogP contribution in [-0.4, -0.2) is 37.1 Å². The first kappa shape index (κ1) is 21.3. The van der Waals surface area contributed by atoms with Crippen molar-refractivity contribution in [2.45, 2.75) is 52.2 Å². The molecular formula is C18H23BF3NO4. The van der Waals surface area contributed by atoms with Crippen molar-refractivity contribution < 1.29 is 32.0 Å². The molecule has 0 unspecified atom stereocenters. The SMILES string of the molecule is CC(=O)NCC(=Cc1cccc(OC(F)(F)F)c1)B1OC(C)(C)C(C)(C)O1. The number of hydrogen-bond donors (Lipinski definition) is 1. The molecule has 148 valence electrons. The van der Waals surface area contributed by atoms with Crippen molar-refractivity contribution >= 4 is 19.1 Å². The third-order valence-corrected chi connectivity index (χ3v) is 4.54. The molecule has 9 heteroatoms. The summed E-state index contributed by atoms with van der Waals surface area (Å²) in [4.78, 5) is 11.3. The number of rotatable bonds is 5. The van der Waals surface area contributed by atoms with Gasteiger partial charge in [-0.3, -0.25) is 4.79 Å². The molecule has 0 atom stereocenters. The normalized spacial score (nSPS) is 19.1. The highest BCUT2D eigenvalue weighted by atomic mass is 19.4. The number of amides is 1. The van der Waals surface area contributed by atoms with Crippen LogP contribution in [0.15, 0.2) is 29.7 Å². The molecule has 0 aliphatic carbocycles. The molecule has 1 heterocycles. The van der Waals surface area contributed by atoms with E-state index in [9.17, 15) is 18.0 Å². The smallest absolute Gasteiger partial charge is 0.406 e. The lowest BCUT2D eigenvalue weighted by molar-refractivity contribution is -0.274. The van der Waals surface area contributed by atoms with Gasteiger partial charge in [0.05, 0.1) is 11.2 Å². The second-order valence-electron chi connectivity index (χ2n) is 7.34. The van der Waals surface area contributed by atoms with E-state index in [4.69, 9.17) is 9.31 Å². The van der Waals surface area contributed by atoms with E-state index in [0.29, 0.717) is 11.0 Å². The van der Waals surface area contributed by atoms with Gasteiger partial charge in [0.15, 0.2) is 0 Å². The van der Waals surface area contributed by atoms with Crippen molar-refractivity contribution in [1.82, 2.24) is 5.32 Å². The number of carbonyl (C=O) groups is 1. The summed E-state index contributed by atoms with van der Waals surface area (Å²) in [5.74, 6) is -0.574. The molecule has 5 nitrogen and oxygen atoms in total. The number of alkyl halides is 3. The number of benzene rings is 1. The highest BCUT2D eigenvalue weighted by Gasteiger charge is 2.52. The van der Waals surface area contributed by atoms with E-state index in [1.54, 1.807) is 12.1 Å². The molecule has 1 aromatic carbocycles. The fraction of sp³-hybridized carbons (Fsp3) is 0.500. The van der Waals surface area contributed by atoms with Gasteiger partial charge >= 0.3 is 13.5 Å². The largest absolute Gasteiger partial charge is 0.573 e. The zero-order valence-corrected chi connectivity index (χ0v) is 15.9. The Balaban J connectivity index is 2.32. The molecule has 2 rings (SSSR count). The maximum atomic E-state index is 12.4. The predicted octanol–water partition coefficient (Wildman–Crippen LogP) is 3.74. The minimum absolute atomic E-state index is 0.135. The van der Waals surface area contributed by atoms with Crippen molar-refractivity contribution in [3.05, 3.63) is 35.3 Å². The first-order valence-corrected chi connectivity index (χ1v) is 8.45. The molecule has 1 aliphatic rings. The third-order valence-electron chi connectivity index (χ3n) is 4.54. The number of halogens is 3. The van der Waals surface area contributed by atoms with E-state index in [2.05, 4.69) is 10.1 Å². The van der Waals surface area contributed by atoms with E-state index in [0.717, 1.165) is 0 Å². The molecule has 1 fully saturated rings. The van der Waals surface area contributed by atoms with Crippen LogP contribution in [0, 0.1) is 0 Å². The summed E-state index contributed by atoms with van der Waals surface area (Å²) in [7, 11) is -0.742. The van der Waals surface area contributed by atoms with Crippen LogP contribution in [0.25, 0.3) is 6.08 Å². The van der Waals surface area contributed by atoms with Crippen LogP contribution in [0.2, 0.25) is 0 Å². The van der Waals surface area contributed by atoms with Crippen LogP contribution < -0.4 is 10.1 Å². The van der Waals surface area contributed by atoms with Gasteiger partial charge in [-0.1, -0.05) is 18.2 Å². The Morgan fingerprint density at radius 3 is 2.33 bits per heavy atom. The zero-order chi connectivity index (χ0) is 20.5.